The minimum Gasteiger partial charge on any atom is -0.504 e. The second-order valence-corrected chi connectivity index (χ2v) is 7.62. The predicted molar refractivity (Wildman–Crippen MR) is 98.8 cm³/mol. The third-order valence-electron chi connectivity index (χ3n) is 4.34. The molecule has 1 heterocycles. The molecule has 28 heavy (non-hydrogen) atoms. The average molecular weight is 406 g/mol. The molecular weight excluding hydrogens is 388 g/mol. The van der Waals surface area contributed by atoms with Crippen molar-refractivity contribution in [2.75, 3.05) is 25.2 Å². The Morgan fingerprint density at radius 2 is 2.00 bits per heavy atom. The standard InChI is InChI=1S/C18H18N2O7S/c1-26-15-4-2-3-13(17(15)22)18(23)27-10-16(21)20-8-7-11-9-12(28(19,24)25)5-6-14(11)20/h2-6,9,22H,7-8,10H2,1H3,(H2,19,24,25). The Hall–Kier alpha value is -3.11. The van der Waals surface area contributed by atoms with E-state index in [0.717, 1.165) is 0 Å². The molecule has 1 aliphatic heterocycles. The Kier molecular flexibility index (Phi) is 5.25. The maximum atomic E-state index is 12.5. The molecule has 2 aromatic carbocycles. The van der Waals surface area contributed by atoms with Crippen molar-refractivity contribution in [3.8, 4) is 11.5 Å². The van der Waals surface area contributed by atoms with E-state index in [9.17, 15) is 23.1 Å². The summed E-state index contributed by atoms with van der Waals surface area (Å²) in [6.07, 6.45) is 0.453. The third-order valence-corrected chi connectivity index (χ3v) is 5.25. The normalized spacial score (nSPS) is 13.1. The van der Waals surface area contributed by atoms with Crippen LogP contribution in [0.25, 0.3) is 0 Å². The first-order valence-electron chi connectivity index (χ1n) is 8.21. The number of nitrogens with two attached hydrogens (primary N) is 1. The lowest BCUT2D eigenvalue weighted by Gasteiger charge is -2.17. The molecule has 0 aliphatic carbocycles. The smallest absolute Gasteiger partial charge is 0.342 e. The molecule has 0 aromatic heterocycles. The lowest BCUT2D eigenvalue weighted by molar-refractivity contribution is -0.121. The summed E-state index contributed by atoms with van der Waals surface area (Å²) >= 11 is 0. The average Bonchev–Trinajstić information content (AvgIpc) is 3.08. The van der Waals surface area contributed by atoms with Crippen LogP contribution in [0, 0.1) is 0 Å². The maximum absolute atomic E-state index is 12.5. The van der Waals surface area contributed by atoms with E-state index in [1.807, 2.05) is 0 Å². The van der Waals surface area contributed by atoms with Gasteiger partial charge in [0.15, 0.2) is 18.1 Å². The van der Waals surface area contributed by atoms with E-state index < -0.39 is 28.5 Å². The lowest BCUT2D eigenvalue weighted by atomic mass is 10.2. The number of carbonyl (C=O) groups is 2. The van der Waals surface area contributed by atoms with Gasteiger partial charge in [0.25, 0.3) is 5.91 Å². The van der Waals surface area contributed by atoms with E-state index in [0.29, 0.717) is 24.2 Å². The number of fused-ring (bicyclic) bond motifs is 1. The number of amides is 1. The Labute approximate surface area is 161 Å². The second-order valence-electron chi connectivity index (χ2n) is 6.06. The number of anilines is 1. The van der Waals surface area contributed by atoms with Gasteiger partial charge >= 0.3 is 5.97 Å². The van der Waals surface area contributed by atoms with Crippen LogP contribution in [0.15, 0.2) is 41.3 Å². The molecule has 0 fully saturated rings. The highest BCUT2D eigenvalue weighted by atomic mass is 32.2. The van der Waals surface area contributed by atoms with Crippen molar-refractivity contribution in [2.45, 2.75) is 11.3 Å². The number of ether oxygens (including phenoxy) is 2. The molecule has 1 aliphatic rings. The Morgan fingerprint density at radius 1 is 1.25 bits per heavy atom. The molecule has 1 amide bonds. The molecule has 3 N–H and O–H groups in total. The summed E-state index contributed by atoms with van der Waals surface area (Å²) in [7, 11) is -2.48. The molecule has 9 nitrogen and oxygen atoms in total. The molecular formula is C18H18N2O7S. The van der Waals surface area contributed by atoms with Crippen molar-refractivity contribution < 1.29 is 32.6 Å². The fraction of sp³-hybridized carbons (Fsp3) is 0.222. The van der Waals surface area contributed by atoms with Crippen molar-refractivity contribution in [1.82, 2.24) is 0 Å². The number of aromatic hydroxyl groups is 1. The highest BCUT2D eigenvalue weighted by Crippen LogP contribution is 2.31. The van der Waals surface area contributed by atoms with Crippen LogP contribution in [-0.4, -0.2) is 45.7 Å². The summed E-state index contributed by atoms with van der Waals surface area (Å²) in [5, 5.41) is 15.1. The first kappa shape index (κ1) is 19.6. The van der Waals surface area contributed by atoms with E-state index in [1.54, 1.807) is 0 Å². The summed E-state index contributed by atoms with van der Waals surface area (Å²) in [4.78, 5) is 26.0. The van der Waals surface area contributed by atoms with Gasteiger partial charge in [-0.25, -0.2) is 18.4 Å². The molecule has 0 radical (unpaired) electrons. The van der Waals surface area contributed by atoms with Crippen molar-refractivity contribution in [3.05, 3.63) is 47.5 Å². The van der Waals surface area contributed by atoms with Gasteiger partial charge in [-0.1, -0.05) is 6.07 Å². The SMILES string of the molecule is COc1cccc(C(=O)OCC(=O)N2CCc3cc(S(N)(=O)=O)ccc32)c1O. The summed E-state index contributed by atoms with van der Waals surface area (Å²) in [6.45, 7) is -0.212. The van der Waals surface area contributed by atoms with Gasteiger partial charge in [0, 0.05) is 12.2 Å². The van der Waals surface area contributed by atoms with Gasteiger partial charge in [0.05, 0.1) is 12.0 Å². The molecule has 0 saturated carbocycles. The number of hydrogen-bond donors (Lipinski definition) is 2. The van der Waals surface area contributed by atoms with Crippen LogP contribution in [0.2, 0.25) is 0 Å². The Balaban J connectivity index is 1.70. The summed E-state index contributed by atoms with van der Waals surface area (Å²) in [5.74, 6) is -1.60. The number of primary sulfonamides is 1. The van der Waals surface area contributed by atoms with E-state index in [1.165, 1.54) is 48.4 Å². The summed E-state index contributed by atoms with van der Waals surface area (Å²) in [6, 6.07) is 8.59. The molecule has 10 heteroatoms. The highest BCUT2D eigenvalue weighted by molar-refractivity contribution is 7.89. The van der Waals surface area contributed by atoms with E-state index in [2.05, 4.69) is 0 Å². The zero-order valence-electron chi connectivity index (χ0n) is 14.9. The fourth-order valence-electron chi connectivity index (χ4n) is 2.95. The molecule has 2 aromatic rings. The number of rotatable bonds is 5. The largest absolute Gasteiger partial charge is 0.504 e. The Morgan fingerprint density at radius 3 is 2.68 bits per heavy atom. The summed E-state index contributed by atoms with van der Waals surface area (Å²) in [5.41, 5.74) is 1.08. The van der Waals surface area contributed by atoms with E-state index in [-0.39, 0.29) is 22.0 Å². The highest BCUT2D eigenvalue weighted by Gasteiger charge is 2.27. The quantitative estimate of drug-likeness (QED) is 0.701. The Bertz CT molecular complexity index is 1050. The van der Waals surface area contributed by atoms with Crippen LogP contribution in [0.4, 0.5) is 5.69 Å². The minimum absolute atomic E-state index is 0.0273. The second kappa shape index (κ2) is 7.49. The number of esters is 1. The number of methoxy groups -OCH3 is 1. The van der Waals surface area contributed by atoms with Gasteiger partial charge in [-0.05, 0) is 42.3 Å². The van der Waals surface area contributed by atoms with Gasteiger partial charge in [-0.3, -0.25) is 4.79 Å². The van der Waals surface area contributed by atoms with Crippen molar-refractivity contribution in [3.63, 3.8) is 0 Å². The fourth-order valence-corrected chi connectivity index (χ4v) is 3.51. The van der Waals surface area contributed by atoms with Gasteiger partial charge in [0.2, 0.25) is 10.0 Å². The van der Waals surface area contributed by atoms with Crippen molar-refractivity contribution in [2.24, 2.45) is 5.14 Å². The molecule has 0 saturated heterocycles. The first-order chi connectivity index (χ1) is 13.2. The van der Waals surface area contributed by atoms with Crippen LogP contribution >= 0.6 is 0 Å². The lowest BCUT2D eigenvalue weighted by Crippen LogP contribution is -2.33. The van der Waals surface area contributed by atoms with Gasteiger partial charge in [-0.2, -0.15) is 0 Å². The third kappa shape index (κ3) is 3.78. The van der Waals surface area contributed by atoms with Crippen molar-refractivity contribution >= 4 is 27.6 Å². The number of para-hydroxylation sites is 1. The molecule has 148 valence electrons. The summed E-state index contributed by atoms with van der Waals surface area (Å²) < 4.78 is 32.8. The van der Waals surface area contributed by atoms with E-state index in [4.69, 9.17) is 14.6 Å². The maximum Gasteiger partial charge on any atom is 0.342 e. The molecule has 0 unspecified atom stereocenters. The van der Waals surface area contributed by atoms with Gasteiger partial charge in [-0.15, -0.1) is 0 Å². The zero-order valence-corrected chi connectivity index (χ0v) is 15.7. The van der Waals surface area contributed by atoms with Crippen LogP contribution in [-0.2, 0) is 26.0 Å². The number of benzene rings is 2. The number of sulfonamides is 1. The first-order valence-corrected chi connectivity index (χ1v) is 9.76. The van der Waals surface area contributed by atoms with Crippen LogP contribution < -0.4 is 14.8 Å². The van der Waals surface area contributed by atoms with Gasteiger partial charge < -0.3 is 19.5 Å². The predicted octanol–water partition coefficient (Wildman–Crippen LogP) is 0.794. The molecule has 0 bridgehead atoms. The number of carbonyl (C=O) groups excluding carboxylic acids is 2. The number of hydrogen-bond acceptors (Lipinski definition) is 7. The van der Waals surface area contributed by atoms with Crippen LogP contribution in [0.1, 0.15) is 15.9 Å². The molecule has 0 atom stereocenters. The number of phenols is 1. The van der Waals surface area contributed by atoms with E-state index >= 15 is 0 Å². The van der Waals surface area contributed by atoms with Crippen molar-refractivity contribution in [1.29, 1.82) is 0 Å². The zero-order chi connectivity index (χ0) is 20.5. The molecule has 3 rings (SSSR count). The monoisotopic (exact) mass is 406 g/mol. The number of nitrogens with zero attached hydrogens (tertiary/aromatic N) is 1. The minimum atomic E-state index is -3.83. The van der Waals surface area contributed by atoms with Crippen LogP contribution in [0.5, 0.6) is 11.5 Å². The molecule has 0 spiro atoms. The topological polar surface area (TPSA) is 136 Å². The van der Waals surface area contributed by atoms with Crippen LogP contribution in [0.3, 0.4) is 0 Å². The van der Waals surface area contributed by atoms with Gasteiger partial charge in [0.1, 0.15) is 5.56 Å². The number of phenolic OH excluding ortho intramolecular Hbond substituents is 1.